The van der Waals surface area contributed by atoms with Gasteiger partial charge in [-0.3, -0.25) is 24.1 Å². The maximum atomic E-state index is 12.9. The average molecular weight is 425 g/mol. The van der Waals surface area contributed by atoms with Crippen molar-refractivity contribution in [3.63, 3.8) is 0 Å². The first-order valence-corrected chi connectivity index (χ1v) is 10.6. The fraction of sp³-hybridized carbons (Fsp3) is 0.333. The number of likely N-dealkylation sites (tertiary alicyclic amines) is 1. The molecule has 2 atom stereocenters. The summed E-state index contributed by atoms with van der Waals surface area (Å²) in [5.74, 6) is 0.0181. The van der Waals surface area contributed by atoms with Gasteiger partial charge >= 0.3 is 0 Å². The molecule has 8 nitrogen and oxygen atoms in total. The van der Waals surface area contributed by atoms with Crippen LogP contribution in [0.3, 0.4) is 0 Å². The van der Waals surface area contributed by atoms with Crippen LogP contribution in [-0.2, 0) is 16.1 Å². The number of furan rings is 1. The van der Waals surface area contributed by atoms with Crippen LogP contribution in [0.15, 0.2) is 50.7 Å². The molecular formula is C21H19N3O5S. The topological polar surface area (TPSA) is 92.8 Å². The third-order valence-electron chi connectivity index (χ3n) is 5.82. The Bertz CT molecular complexity index is 1120. The predicted molar refractivity (Wildman–Crippen MR) is 110 cm³/mol. The molecule has 0 saturated carbocycles. The number of fused-ring (bicyclic) bond motifs is 4. The van der Waals surface area contributed by atoms with Gasteiger partial charge in [0.2, 0.25) is 5.91 Å². The van der Waals surface area contributed by atoms with Gasteiger partial charge in [-0.1, -0.05) is 6.07 Å². The van der Waals surface area contributed by atoms with E-state index in [2.05, 4.69) is 0 Å². The van der Waals surface area contributed by atoms with Gasteiger partial charge in [0, 0.05) is 43.4 Å². The Balaban J connectivity index is 1.30. The largest absolute Gasteiger partial charge is 0.465 e. The lowest BCUT2D eigenvalue weighted by Gasteiger charge is -2.43. The summed E-state index contributed by atoms with van der Waals surface area (Å²) >= 11 is 0.807. The number of amides is 3. The summed E-state index contributed by atoms with van der Waals surface area (Å²) in [6, 6.07) is 8.63. The number of nitrogens with zero attached hydrogens (tertiary/aromatic N) is 3. The van der Waals surface area contributed by atoms with E-state index in [9.17, 15) is 19.2 Å². The highest BCUT2D eigenvalue weighted by Crippen LogP contribution is 2.36. The van der Waals surface area contributed by atoms with Crippen molar-refractivity contribution in [3.05, 3.63) is 63.3 Å². The predicted octanol–water partition coefficient (Wildman–Crippen LogP) is 2.12. The highest BCUT2D eigenvalue weighted by Gasteiger charge is 2.40. The molecule has 2 bridgehead atoms. The Morgan fingerprint density at radius 1 is 1.13 bits per heavy atom. The molecule has 5 rings (SSSR count). The van der Waals surface area contributed by atoms with E-state index in [0.717, 1.165) is 28.8 Å². The molecule has 5 heterocycles. The molecule has 0 N–H and O–H groups in total. The van der Waals surface area contributed by atoms with Crippen LogP contribution in [0.2, 0.25) is 0 Å². The van der Waals surface area contributed by atoms with Gasteiger partial charge in [0.05, 0.1) is 11.2 Å². The van der Waals surface area contributed by atoms with Gasteiger partial charge in [-0.15, -0.1) is 0 Å². The number of imide groups is 1. The van der Waals surface area contributed by atoms with E-state index in [4.69, 9.17) is 4.42 Å². The first-order valence-electron chi connectivity index (χ1n) is 9.76. The molecule has 0 unspecified atom stereocenters. The fourth-order valence-electron chi connectivity index (χ4n) is 4.47. The lowest BCUT2D eigenvalue weighted by atomic mass is 9.83. The van der Waals surface area contributed by atoms with Crippen LogP contribution in [0.25, 0.3) is 6.08 Å². The molecule has 0 aromatic carbocycles. The molecule has 9 heteroatoms. The molecule has 0 aliphatic carbocycles. The van der Waals surface area contributed by atoms with Crippen LogP contribution >= 0.6 is 11.8 Å². The zero-order valence-electron chi connectivity index (χ0n) is 16.0. The Hall–Kier alpha value is -3.07. The van der Waals surface area contributed by atoms with Crippen molar-refractivity contribution in [2.75, 3.05) is 19.6 Å². The van der Waals surface area contributed by atoms with E-state index in [1.807, 2.05) is 6.07 Å². The number of hydrogen-bond acceptors (Lipinski definition) is 6. The molecule has 0 spiro atoms. The van der Waals surface area contributed by atoms with E-state index in [0.29, 0.717) is 25.4 Å². The molecule has 2 fully saturated rings. The molecule has 3 aliphatic heterocycles. The van der Waals surface area contributed by atoms with Crippen LogP contribution in [0.1, 0.15) is 23.8 Å². The van der Waals surface area contributed by atoms with E-state index in [1.165, 1.54) is 12.3 Å². The second-order valence-corrected chi connectivity index (χ2v) is 8.77. The van der Waals surface area contributed by atoms with Gasteiger partial charge in [-0.25, -0.2) is 0 Å². The molecule has 2 saturated heterocycles. The molecule has 0 radical (unpaired) electrons. The zero-order chi connectivity index (χ0) is 20.8. The number of aromatic nitrogens is 1. The third kappa shape index (κ3) is 3.28. The van der Waals surface area contributed by atoms with Crippen molar-refractivity contribution in [3.8, 4) is 0 Å². The summed E-state index contributed by atoms with van der Waals surface area (Å²) in [6.45, 7) is 1.32. The Labute approximate surface area is 176 Å². The molecule has 3 amide bonds. The second-order valence-electron chi connectivity index (χ2n) is 7.78. The summed E-state index contributed by atoms with van der Waals surface area (Å²) in [7, 11) is 0. The Morgan fingerprint density at radius 3 is 2.80 bits per heavy atom. The van der Waals surface area contributed by atoms with E-state index in [-0.39, 0.29) is 34.8 Å². The molecular weight excluding hydrogens is 406 g/mol. The number of rotatable bonds is 3. The summed E-state index contributed by atoms with van der Waals surface area (Å²) in [6.07, 6.45) is 3.93. The minimum atomic E-state index is -0.483. The number of carbonyl (C=O) groups excluding carboxylic acids is 3. The standard InChI is InChI=1S/C21H19N3O5S/c25-18-5-1-4-16-14-7-13(10-23(16)18)9-22(11-14)19(26)12-24-20(27)17(30-21(24)28)8-15-3-2-6-29-15/h1-6,8,13-14H,7,9-12H2/b17-8-/t13-,14+/m0/s1. The summed E-state index contributed by atoms with van der Waals surface area (Å²) in [5, 5.41) is -0.458. The molecule has 154 valence electrons. The highest BCUT2D eigenvalue weighted by molar-refractivity contribution is 8.18. The van der Waals surface area contributed by atoms with Crippen LogP contribution in [0, 0.1) is 5.92 Å². The first kappa shape index (κ1) is 18.9. The summed E-state index contributed by atoms with van der Waals surface area (Å²) < 4.78 is 7.00. The average Bonchev–Trinajstić information content (AvgIpc) is 3.33. The zero-order valence-corrected chi connectivity index (χ0v) is 16.8. The number of hydrogen-bond donors (Lipinski definition) is 0. The van der Waals surface area contributed by atoms with Crippen LogP contribution in [0.4, 0.5) is 4.79 Å². The normalized spacial score (nSPS) is 24.5. The van der Waals surface area contributed by atoms with Crippen molar-refractivity contribution < 1.29 is 18.8 Å². The highest BCUT2D eigenvalue weighted by atomic mass is 32.2. The Morgan fingerprint density at radius 2 is 2.00 bits per heavy atom. The van der Waals surface area contributed by atoms with Gasteiger partial charge in [-0.05, 0) is 42.3 Å². The van der Waals surface area contributed by atoms with Crippen molar-refractivity contribution in [1.82, 2.24) is 14.4 Å². The molecule has 3 aliphatic rings. The van der Waals surface area contributed by atoms with Gasteiger partial charge in [-0.2, -0.15) is 0 Å². The fourth-order valence-corrected chi connectivity index (χ4v) is 5.29. The van der Waals surface area contributed by atoms with Crippen molar-refractivity contribution in [1.29, 1.82) is 0 Å². The van der Waals surface area contributed by atoms with Gasteiger partial charge in [0.25, 0.3) is 16.7 Å². The van der Waals surface area contributed by atoms with E-state index >= 15 is 0 Å². The van der Waals surface area contributed by atoms with E-state index < -0.39 is 11.1 Å². The molecule has 2 aromatic rings. The molecule has 30 heavy (non-hydrogen) atoms. The smallest absolute Gasteiger partial charge is 0.294 e. The minimum absolute atomic E-state index is 0.0110. The van der Waals surface area contributed by atoms with Gasteiger partial charge in [0.1, 0.15) is 12.3 Å². The maximum absolute atomic E-state index is 12.9. The van der Waals surface area contributed by atoms with Crippen molar-refractivity contribution in [2.45, 2.75) is 18.9 Å². The SMILES string of the molecule is O=C(CN1C(=O)S/C(=C\c2ccco2)C1=O)N1C[C@@H]2C[C@H](C1)c1cccc(=O)n1C2. The second kappa shape index (κ2) is 7.32. The number of piperidine rings is 1. The van der Waals surface area contributed by atoms with Crippen LogP contribution < -0.4 is 5.56 Å². The quantitative estimate of drug-likeness (QED) is 0.700. The van der Waals surface area contributed by atoms with E-state index in [1.54, 1.807) is 33.7 Å². The molecule has 2 aromatic heterocycles. The number of pyridine rings is 1. The van der Waals surface area contributed by atoms with Crippen molar-refractivity contribution in [2.24, 2.45) is 5.92 Å². The number of carbonyl (C=O) groups is 3. The number of thioether (sulfide) groups is 1. The van der Waals surface area contributed by atoms with Gasteiger partial charge < -0.3 is 13.9 Å². The lowest BCUT2D eigenvalue weighted by Crippen LogP contribution is -2.51. The lowest BCUT2D eigenvalue weighted by molar-refractivity contribution is -0.138. The third-order valence-corrected chi connectivity index (χ3v) is 6.72. The Kier molecular flexibility index (Phi) is 4.62. The van der Waals surface area contributed by atoms with Gasteiger partial charge in [0.15, 0.2) is 0 Å². The van der Waals surface area contributed by atoms with Crippen LogP contribution in [-0.4, -0.2) is 51.1 Å². The van der Waals surface area contributed by atoms with Crippen molar-refractivity contribution >= 4 is 34.9 Å². The first-order chi connectivity index (χ1) is 14.5. The summed E-state index contributed by atoms with van der Waals surface area (Å²) in [5.41, 5.74) is 0.937. The maximum Gasteiger partial charge on any atom is 0.294 e. The summed E-state index contributed by atoms with van der Waals surface area (Å²) in [4.78, 5) is 53.0. The minimum Gasteiger partial charge on any atom is -0.465 e. The monoisotopic (exact) mass is 425 g/mol. The van der Waals surface area contributed by atoms with Crippen LogP contribution in [0.5, 0.6) is 0 Å².